The molecule has 0 aromatic carbocycles. The third-order valence-electron chi connectivity index (χ3n) is 3.70. The quantitative estimate of drug-likeness (QED) is 0.907. The molecule has 5 nitrogen and oxygen atoms in total. The molecule has 0 unspecified atom stereocenters. The molecule has 2 aromatic heterocycles. The van der Waals surface area contributed by atoms with Gasteiger partial charge >= 0.3 is 0 Å². The molecule has 1 fully saturated rings. The second-order valence-corrected chi connectivity index (χ2v) is 4.80. The van der Waals surface area contributed by atoms with Crippen molar-refractivity contribution in [2.24, 2.45) is 0 Å². The Bertz CT molecular complexity index is 514. The minimum atomic E-state index is 1.04. The normalized spacial score (nSPS) is 16.8. The number of anilines is 1. The van der Waals surface area contributed by atoms with E-state index in [0.29, 0.717) is 0 Å². The lowest BCUT2D eigenvalue weighted by atomic mass is 10.2. The Morgan fingerprint density at radius 1 is 1.16 bits per heavy atom. The predicted molar refractivity (Wildman–Crippen MR) is 76.1 cm³/mol. The number of H-pyrrole nitrogens is 1. The van der Waals surface area contributed by atoms with Crippen LogP contribution in [0.15, 0.2) is 30.6 Å². The van der Waals surface area contributed by atoms with E-state index in [0.717, 1.165) is 49.8 Å². The summed E-state index contributed by atoms with van der Waals surface area (Å²) >= 11 is 0. The number of aromatic amines is 1. The molecular formula is C14H19N5. The van der Waals surface area contributed by atoms with E-state index in [9.17, 15) is 0 Å². The minimum absolute atomic E-state index is 1.04. The summed E-state index contributed by atoms with van der Waals surface area (Å²) in [6, 6.07) is 6.11. The molecule has 1 saturated heterocycles. The van der Waals surface area contributed by atoms with Crippen molar-refractivity contribution in [1.29, 1.82) is 0 Å². The zero-order chi connectivity index (χ0) is 13.1. The van der Waals surface area contributed by atoms with Crippen LogP contribution in [-0.4, -0.2) is 52.8 Å². The van der Waals surface area contributed by atoms with Gasteiger partial charge in [0.15, 0.2) is 5.82 Å². The Morgan fingerprint density at radius 2 is 1.89 bits per heavy atom. The van der Waals surface area contributed by atoms with Crippen molar-refractivity contribution in [2.45, 2.75) is 6.92 Å². The van der Waals surface area contributed by atoms with Crippen LogP contribution in [0.25, 0.3) is 11.3 Å². The van der Waals surface area contributed by atoms with Gasteiger partial charge in [-0.15, -0.1) is 0 Å². The van der Waals surface area contributed by atoms with Crippen molar-refractivity contribution in [3.8, 4) is 11.3 Å². The summed E-state index contributed by atoms with van der Waals surface area (Å²) in [6.07, 6.45) is 3.60. The first kappa shape index (κ1) is 12.2. The fourth-order valence-corrected chi connectivity index (χ4v) is 2.45. The Morgan fingerprint density at radius 3 is 2.58 bits per heavy atom. The topological polar surface area (TPSA) is 48.0 Å². The number of nitrogens with one attached hydrogen (secondary N) is 1. The predicted octanol–water partition coefficient (Wildman–Crippen LogP) is 1.61. The molecule has 100 valence electrons. The van der Waals surface area contributed by atoms with E-state index in [2.05, 4.69) is 38.0 Å². The van der Waals surface area contributed by atoms with E-state index in [1.54, 1.807) is 12.4 Å². The lowest BCUT2D eigenvalue weighted by Gasteiger charge is -2.33. The number of aromatic nitrogens is 3. The molecule has 1 aliphatic rings. The highest BCUT2D eigenvalue weighted by Crippen LogP contribution is 2.21. The Labute approximate surface area is 113 Å². The molecule has 2 aromatic rings. The standard InChI is InChI=1S/C14H19N5/c1-2-18-7-9-19(10-8-18)14-11-13(16-17-14)12-3-5-15-6-4-12/h3-6,11H,2,7-10H2,1H3,(H,16,17). The molecular weight excluding hydrogens is 238 g/mol. The van der Waals surface area contributed by atoms with Crippen molar-refractivity contribution in [2.75, 3.05) is 37.6 Å². The van der Waals surface area contributed by atoms with Gasteiger partial charge < -0.3 is 9.80 Å². The van der Waals surface area contributed by atoms with Crippen LogP contribution in [0.1, 0.15) is 6.92 Å². The summed E-state index contributed by atoms with van der Waals surface area (Å²) in [5.41, 5.74) is 2.18. The average Bonchev–Trinajstić information content (AvgIpc) is 2.98. The zero-order valence-electron chi connectivity index (χ0n) is 11.2. The van der Waals surface area contributed by atoms with Crippen LogP contribution in [0.5, 0.6) is 0 Å². The van der Waals surface area contributed by atoms with Gasteiger partial charge in [0, 0.05) is 50.2 Å². The molecule has 5 heteroatoms. The molecule has 19 heavy (non-hydrogen) atoms. The van der Waals surface area contributed by atoms with Gasteiger partial charge in [0.05, 0.1) is 5.69 Å². The second kappa shape index (κ2) is 5.40. The summed E-state index contributed by atoms with van der Waals surface area (Å²) in [6.45, 7) is 7.69. The molecule has 1 aliphatic heterocycles. The molecule has 0 saturated carbocycles. The first-order valence-corrected chi connectivity index (χ1v) is 6.80. The Hall–Kier alpha value is -1.88. The van der Waals surface area contributed by atoms with Crippen LogP contribution in [-0.2, 0) is 0 Å². The molecule has 0 radical (unpaired) electrons. The van der Waals surface area contributed by atoms with Crippen LogP contribution in [0, 0.1) is 0 Å². The first-order valence-electron chi connectivity index (χ1n) is 6.80. The summed E-state index contributed by atoms with van der Waals surface area (Å²) in [5, 5.41) is 7.54. The number of piperazine rings is 1. The third-order valence-corrected chi connectivity index (χ3v) is 3.70. The van der Waals surface area contributed by atoms with Crippen molar-refractivity contribution in [1.82, 2.24) is 20.1 Å². The van der Waals surface area contributed by atoms with E-state index in [-0.39, 0.29) is 0 Å². The van der Waals surface area contributed by atoms with Crippen LogP contribution < -0.4 is 4.90 Å². The van der Waals surface area contributed by atoms with Crippen LogP contribution in [0.2, 0.25) is 0 Å². The van der Waals surface area contributed by atoms with E-state index in [1.807, 2.05) is 12.1 Å². The van der Waals surface area contributed by atoms with E-state index >= 15 is 0 Å². The number of rotatable bonds is 3. The molecule has 0 atom stereocenters. The van der Waals surface area contributed by atoms with Gasteiger partial charge in [0.2, 0.25) is 0 Å². The van der Waals surface area contributed by atoms with Gasteiger partial charge in [-0.05, 0) is 18.7 Å². The fourth-order valence-electron chi connectivity index (χ4n) is 2.45. The van der Waals surface area contributed by atoms with E-state index in [4.69, 9.17) is 0 Å². The summed E-state index contributed by atoms with van der Waals surface area (Å²) in [5.74, 6) is 1.04. The van der Waals surface area contributed by atoms with E-state index in [1.165, 1.54) is 0 Å². The van der Waals surface area contributed by atoms with Gasteiger partial charge in [0.1, 0.15) is 0 Å². The molecule has 0 amide bonds. The van der Waals surface area contributed by atoms with Crippen LogP contribution >= 0.6 is 0 Å². The number of hydrogen-bond donors (Lipinski definition) is 1. The van der Waals surface area contributed by atoms with Crippen molar-refractivity contribution >= 4 is 5.82 Å². The fraction of sp³-hybridized carbons (Fsp3) is 0.429. The van der Waals surface area contributed by atoms with Gasteiger partial charge in [0.25, 0.3) is 0 Å². The molecule has 3 rings (SSSR count). The van der Waals surface area contributed by atoms with Crippen molar-refractivity contribution in [3.63, 3.8) is 0 Å². The van der Waals surface area contributed by atoms with Gasteiger partial charge in [-0.2, -0.15) is 5.10 Å². The highest BCUT2D eigenvalue weighted by atomic mass is 15.3. The maximum absolute atomic E-state index is 4.43. The van der Waals surface area contributed by atoms with Gasteiger partial charge in [-0.1, -0.05) is 6.92 Å². The lowest BCUT2D eigenvalue weighted by molar-refractivity contribution is 0.270. The second-order valence-electron chi connectivity index (χ2n) is 4.80. The number of hydrogen-bond acceptors (Lipinski definition) is 4. The third kappa shape index (κ3) is 2.61. The van der Waals surface area contributed by atoms with Crippen LogP contribution in [0.3, 0.4) is 0 Å². The summed E-state index contributed by atoms with van der Waals surface area (Å²) < 4.78 is 0. The molecule has 0 spiro atoms. The molecule has 0 bridgehead atoms. The highest BCUT2D eigenvalue weighted by molar-refractivity contribution is 5.62. The molecule has 1 N–H and O–H groups in total. The number of nitrogens with zero attached hydrogens (tertiary/aromatic N) is 4. The smallest absolute Gasteiger partial charge is 0.151 e. The monoisotopic (exact) mass is 257 g/mol. The average molecular weight is 257 g/mol. The number of likely N-dealkylation sites (N-methyl/N-ethyl adjacent to an activating group) is 1. The first-order chi connectivity index (χ1) is 9.36. The van der Waals surface area contributed by atoms with Crippen molar-refractivity contribution in [3.05, 3.63) is 30.6 Å². The van der Waals surface area contributed by atoms with E-state index < -0.39 is 0 Å². The lowest BCUT2D eigenvalue weighted by Crippen LogP contribution is -2.46. The Kier molecular flexibility index (Phi) is 3.46. The largest absolute Gasteiger partial charge is 0.353 e. The number of pyridine rings is 1. The SMILES string of the molecule is CCN1CCN(c2cc(-c3ccncc3)[nH]n2)CC1. The van der Waals surface area contributed by atoms with Gasteiger partial charge in [-0.25, -0.2) is 0 Å². The maximum Gasteiger partial charge on any atom is 0.151 e. The summed E-state index contributed by atoms with van der Waals surface area (Å²) in [4.78, 5) is 8.84. The van der Waals surface area contributed by atoms with Crippen LogP contribution in [0.4, 0.5) is 5.82 Å². The molecule has 3 heterocycles. The van der Waals surface area contributed by atoms with Gasteiger partial charge in [-0.3, -0.25) is 10.1 Å². The highest BCUT2D eigenvalue weighted by Gasteiger charge is 2.17. The van der Waals surface area contributed by atoms with Crippen molar-refractivity contribution < 1.29 is 0 Å². The summed E-state index contributed by atoms with van der Waals surface area (Å²) in [7, 11) is 0. The zero-order valence-corrected chi connectivity index (χ0v) is 11.2. The molecule has 0 aliphatic carbocycles. The minimum Gasteiger partial charge on any atom is -0.353 e. The maximum atomic E-state index is 4.43. The Balaban J connectivity index is 1.72.